The summed E-state index contributed by atoms with van der Waals surface area (Å²) in [4.78, 5) is -0.395. The van der Waals surface area contributed by atoms with Gasteiger partial charge < -0.3 is 10.5 Å². The van der Waals surface area contributed by atoms with Gasteiger partial charge in [-0.15, -0.1) is 11.6 Å². The fourth-order valence-corrected chi connectivity index (χ4v) is 1.65. The second-order valence-electron chi connectivity index (χ2n) is 4.74. The van der Waals surface area contributed by atoms with Crippen LogP contribution in [-0.4, -0.2) is 6.61 Å². The first-order valence-electron chi connectivity index (χ1n) is 6.13. The zero-order chi connectivity index (χ0) is 12.9. The van der Waals surface area contributed by atoms with Gasteiger partial charge in [0.1, 0.15) is 5.75 Å². The molecule has 17 heavy (non-hydrogen) atoms. The third kappa shape index (κ3) is 4.57. The molecule has 2 N–H and O–H groups in total. The molecule has 0 radical (unpaired) electrons. The Morgan fingerprint density at radius 2 is 2.00 bits per heavy atom. The van der Waals surface area contributed by atoms with E-state index in [-0.39, 0.29) is 0 Å². The van der Waals surface area contributed by atoms with Gasteiger partial charge in [0.2, 0.25) is 0 Å². The maximum Gasteiger partial charge on any atom is 0.119 e. The molecule has 3 heteroatoms. The van der Waals surface area contributed by atoms with Crippen molar-refractivity contribution in [2.24, 2.45) is 5.73 Å². The van der Waals surface area contributed by atoms with Crippen LogP contribution in [0.2, 0.25) is 0 Å². The highest BCUT2D eigenvalue weighted by Gasteiger charge is 2.18. The number of unbranched alkanes of at least 4 members (excludes halogenated alkanes) is 1. The normalized spacial score (nSPS) is 11.6. The summed E-state index contributed by atoms with van der Waals surface area (Å²) in [7, 11) is 0. The SMILES string of the molecule is CCCCOc1cc(CN)cc(C(C)(C)Cl)c1. The number of ether oxygens (including phenoxy) is 1. The Kier molecular flexibility index (Phi) is 5.29. The van der Waals surface area contributed by atoms with E-state index in [0.717, 1.165) is 36.3 Å². The number of benzene rings is 1. The van der Waals surface area contributed by atoms with Gasteiger partial charge in [0.05, 0.1) is 11.5 Å². The van der Waals surface area contributed by atoms with Crippen LogP contribution in [0.25, 0.3) is 0 Å². The molecule has 0 aromatic heterocycles. The predicted octanol–water partition coefficient (Wildman–Crippen LogP) is 3.80. The summed E-state index contributed by atoms with van der Waals surface area (Å²) in [5.41, 5.74) is 7.79. The number of rotatable bonds is 6. The third-order valence-corrected chi connectivity index (χ3v) is 2.87. The molecule has 0 heterocycles. The molecule has 0 saturated carbocycles. The molecular formula is C14H22ClNO. The highest BCUT2D eigenvalue weighted by molar-refractivity contribution is 6.23. The molecule has 0 unspecified atom stereocenters. The van der Waals surface area contributed by atoms with Crippen molar-refractivity contribution in [2.75, 3.05) is 6.61 Å². The minimum atomic E-state index is -0.395. The molecule has 0 aliphatic carbocycles. The zero-order valence-corrected chi connectivity index (χ0v) is 11.7. The first-order chi connectivity index (χ1) is 7.97. The molecular weight excluding hydrogens is 234 g/mol. The van der Waals surface area contributed by atoms with Crippen molar-refractivity contribution in [1.29, 1.82) is 0 Å². The predicted molar refractivity (Wildman–Crippen MR) is 73.6 cm³/mol. The van der Waals surface area contributed by atoms with Crippen molar-refractivity contribution >= 4 is 11.6 Å². The fraction of sp³-hybridized carbons (Fsp3) is 0.571. The van der Waals surface area contributed by atoms with Crippen molar-refractivity contribution in [2.45, 2.75) is 45.0 Å². The van der Waals surface area contributed by atoms with Gasteiger partial charge in [-0.25, -0.2) is 0 Å². The Morgan fingerprint density at radius 1 is 1.29 bits per heavy atom. The summed E-state index contributed by atoms with van der Waals surface area (Å²) >= 11 is 6.32. The monoisotopic (exact) mass is 255 g/mol. The van der Waals surface area contributed by atoms with E-state index in [2.05, 4.69) is 6.92 Å². The van der Waals surface area contributed by atoms with Crippen LogP contribution in [0.15, 0.2) is 18.2 Å². The van der Waals surface area contributed by atoms with E-state index in [0.29, 0.717) is 6.54 Å². The largest absolute Gasteiger partial charge is 0.494 e. The number of alkyl halides is 1. The van der Waals surface area contributed by atoms with E-state index in [4.69, 9.17) is 22.1 Å². The second-order valence-corrected chi connectivity index (χ2v) is 5.69. The summed E-state index contributed by atoms with van der Waals surface area (Å²) in [6.45, 7) is 7.34. The van der Waals surface area contributed by atoms with Crippen molar-refractivity contribution in [3.05, 3.63) is 29.3 Å². The smallest absolute Gasteiger partial charge is 0.119 e. The van der Waals surface area contributed by atoms with Crippen molar-refractivity contribution in [1.82, 2.24) is 0 Å². The third-order valence-electron chi connectivity index (χ3n) is 2.66. The average molecular weight is 256 g/mol. The Balaban J connectivity index is 2.89. The van der Waals surface area contributed by atoms with Gasteiger partial charge in [-0.05, 0) is 43.5 Å². The van der Waals surface area contributed by atoms with Crippen molar-refractivity contribution < 1.29 is 4.74 Å². The molecule has 0 aliphatic heterocycles. The Morgan fingerprint density at radius 3 is 2.53 bits per heavy atom. The van der Waals surface area contributed by atoms with Gasteiger partial charge >= 0.3 is 0 Å². The maximum absolute atomic E-state index is 6.32. The van der Waals surface area contributed by atoms with E-state index in [1.54, 1.807) is 0 Å². The van der Waals surface area contributed by atoms with E-state index in [9.17, 15) is 0 Å². The molecule has 1 rings (SSSR count). The molecule has 0 bridgehead atoms. The van der Waals surface area contributed by atoms with Crippen LogP contribution in [-0.2, 0) is 11.4 Å². The van der Waals surface area contributed by atoms with Crippen LogP contribution in [0.3, 0.4) is 0 Å². The van der Waals surface area contributed by atoms with Gasteiger partial charge in [0, 0.05) is 6.54 Å². The molecule has 0 spiro atoms. The van der Waals surface area contributed by atoms with E-state index in [1.165, 1.54) is 0 Å². The van der Waals surface area contributed by atoms with Gasteiger partial charge in [-0.1, -0.05) is 19.4 Å². The highest BCUT2D eigenvalue weighted by Crippen LogP contribution is 2.31. The zero-order valence-electron chi connectivity index (χ0n) is 10.9. The molecule has 1 aromatic carbocycles. The van der Waals surface area contributed by atoms with Crippen molar-refractivity contribution in [3.63, 3.8) is 0 Å². The van der Waals surface area contributed by atoms with Crippen LogP contribution in [0.5, 0.6) is 5.75 Å². The lowest BCUT2D eigenvalue weighted by Crippen LogP contribution is -2.10. The summed E-state index contributed by atoms with van der Waals surface area (Å²) in [5, 5.41) is 0. The summed E-state index contributed by atoms with van der Waals surface area (Å²) in [6, 6.07) is 6.03. The van der Waals surface area contributed by atoms with Crippen molar-refractivity contribution in [3.8, 4) is 5.75 Å². The quantitative estimate of drug-likeness (QED) is 0.620. The summed E-state index contributed by atoms with van der Waals surface area (Å²) in [5.74, 6) is 0.866. The molecule has 2 nitrogen and oxygen atoms in total. The second kappa shape index (κ2) is 6.27. The summed E-state index contributed by atoms with van der Waals surface area (Å²) in [6.07, 6.45) is 2.19. The number of hydrogen-bond acceptors (Lipinski definition) is 2. The van der Waals surface area contributed by atoms with Gasteiger partial charge in [0.15, 0.2) is 0 Å². The number of halogens is 1. The minimum Gasteiger partial charge on any atom is -0.494 e. The topological polar surface area (TPSA) is 35.2 Å². The van der Waals surface area contributed by atoms with E-state index >= 15 is 0 Å². The highest BCUT2D eigenvalue weighted by atomic mass is 35.5. The lowest BCUT2D eigenvalue weighted by atomic mass is 9.99. The summed E-state index contributed by atoms with van der Waals surface area (Å²) < 4.78 is 5.71. The first kappa shape index (κ1) is 14.3. The fourth-order valence-electron chi connectivity index (χ4n) is 1.54. The lowest BCUT2D eigenvalue weighted by Gasteiger charge is -2.19. The Bertz CT molecular complexity index is 358. The molecule has 0 aliphatic rings. The molecule has 0 saturated heterocycles. The number of nitrogens with two attached hydrogens (primary N) is 1. The van der Waals surface area contributed by atoms with E-state index < -0.39 is 4.87 Å². The van der Waals surface area contributed by atoms with Crippen LogP contribution >= 0.6 is 11.6 Å². The van der Waals surface area contributed by atoms with Crippen LogP contribution in [0.1, 0.15) is 44.7 Å². The Hall–Kier alpha value is -0.730. The van der Waals surface area contributed by atoms with Gasteiger partial charge in [0.25, 0.3) is 0 Å². The standard InChI is InChI=1S/C14H22ClNO/c1-4-5-6-17-13-8-11(10-16)7-12(9-13)14(2,3)15/h7-9H,4-6,10,16H2,1-3H3. The maximum atomic E-state index is 6.32. The first-order valence-corrected chi connectivity index (χ1v) is 6.51. The number of hydrogen-bond donors (Lipinski definition) is 1. The molecule has 1 aromatic rings. The van der Waals surface area contributed by atoms with Crippen LogP contribution < -0.4 is 10.5 Å². The molecule has 0 amide bonds. The Labute approximate surface area is 109 Å². The molecule has 96 valence electrons. The minimum absolute atomic E-state index is 0.395. The lowest BCUT2D eigenvalue weighted by molar-refractivity contribution is 0.308. The van der Waals surface area contributed by atoms with E-state index in [1.807, 2.05) is 32.0 Å². The van der Waals surface area contributed by atoms with Crippen LogP contribution in [0.4, 0.5) is 0 Å². The van der Waals surface area contributed by atoms with Gasteiger partial charge in [-0.3, -0.25) is 0 Å². The van der Waals surface area contributed by atoms with Gasteiger partial charge in [-0.2, -0.15) is 0 Å². The average Bonchev–Trinajstić information content (AvgIpc) is 2.28. The van der Waals surface area contributed by atoms with Crippen LogP contribution in [0, 0.1) is 0 Å². The molecule has 0 atom stereocenters. The molecule has 0 fully saturated rings.